The van der Waals surface area contributed by atoms with Crippen LogP contribution in [0.15, 0.2) is 30.3 Å². The quantitative estimate of drug-likeness (QED) is 0.783. The van der Waals surface area contributed by atoms with Crippen LogP contribution in [-0.4, -0.2) is 30.5 Å². The average Bonchev–Trinajstić information content (AvgIpc) is 2.97. The van der Waals surface area contributed by atoms with Crippen molar-refractivity contribution in [3.05, 3.63) is 35.9 Å². The van der Waals surface area contributed by atoms with Gasteiger partial charge in [0.25, 0.3) is 5.91 Å². The number of amides is 1. The Morgan fingerprint density at radius 1 is 1.45 bits per heavy atom. The first-order valence-electron chi connectivity index (χ1n) is 6.88. The molecule has 1 aromatic heterocycles. The highest BCUT2D eigenvalue weighted by Gasteiger charge is 2.16. The SMILES string of the molecule is NC(=O)c1cc2ccccc2nc1NCC1CCNC1. The Balaban J connectivity index is 1.90. The van der Waals surface area contributed by atoms with Crippen LogP contribution < -0.4 is 16.4 Å². The second-order valence-electron chi connectivity index (χ2n) is 5.18. The minimum Gasteiger partial charge on any atom is -0.369 e. The molecule has 0 spiro atoms. The first-order valence-corrected chi connectivity index (χ1v) is 6.88. The summed E-state index contributed by atoms with van der Waals surface area (Å²) in [5, 5.41) is 7.53. The maximum absolute atomic E-state index is 11.6. The molecule has 2 heterocycles. The Kier molecular flexibility index (Phi) is 3.52. The summed E-state index contributed by atoms with van der Waals surface area (Å²) in [5.74, 6) is 0.711. The van der Waals surface area contributed by atoms with Crippen molar-refractivity contribution in [1.82, 2.24) is 10.3 Å². The van der Waals surface area contributed by atoms with Crippen LogP contribution in [0.1, 0.15) is 16.8 Å². The third-order valence-electron chi connectivity index (χ3n) is 3.71. The summed E-state index contributed by atoms with van der Waals surface area (Å²) >= 11 is 0. The number of para-hydroxylation sites is 1. The number of primary amides is 1. The van der Waals surface area contributed by atoms with Crippen molar-refractivity contribution in [2.75, 3.05) is 25.0 Å². The van der Waals surface area contributed by atoms with Gasteiger partial charge in [0.2, 0.25) is 0 Å². The zero-order valence-electron chi connectivity index (χ0n) is 11.2. The maximum atomic E-state index is 11.6. The second kappa shape index (κ2) is 5.46. The van der Waals surface area contributed by atoms with Gasteiger partial charge < -0.3 is 16.4 Å². The molecule has 3 rings (SSSR count). The first kappa shape index (κ1) is 12.9. The van der Waals surface area contributed by atoms with Crippen LogP contribution in [0.4, 0.5) is 5.82 Å². The lowest BCUT2D eigenvalue weighted by molar-refractivity contribution is 0.100. The molecule has 1 fully saturated rings. The van der Waals surface area contributed by atoms with Crippen molar-refractivity contribution in [2.24, 2.45) is 11.7 Å². The monoisotopic (exact) mass is 270 g/mol. The number of pyridine rings is 1. The Morgan fingerprint density at radius 2 is 2.30 bits per heavy atom. The van der Waals surface area contributed by atoms with Crippen molar-refractivity contribution in [3.8, 4) is 0 Å². The van der Waals surface area contributed by atoms with Crippen molar-refractivity contribution in [2.45, 2.75) is 6.42 Å². The van der Waals surface area contributed by atoms with Gasteiger partial charge in [-0.05, 0) is 37.6 Å². The van der Waals surface area contributed by atoms with Gasteiger partial charge in [0.1, 0.15) is 5.82 Å². The molecule has 0 aliphatic carbocycles. The van der Waals surface area contributed by atoms with Crippen LogP contribution in [0, 0.1) is 5.92 Å². The first-order chi connectivity index (χ1) is 9.74. The van der Waals surface area contributed by atoms with E-state index in [-0.39, 0.29) is 0 Å². The fourth-order valence-electron chi connectivity index (χ4n) is 2.57. The van der Waals surface area contributed by atoms with E-state index in [4.69, 9.17) is 5.73 Å². The van der Waals surface area contributed by atoms with E-state index >= 15 is 0 Å². The molecular weight excluding hydrogens is 252 g/mol. The van der Waals surface area contributed by atoms with Gasteiger partial charge in [0.15, 0.2) is 0 Å². The molecule has 1 aliphatic rings. The fraction of sp³-hybridized carbons (Fsp3) is 0.333. The Bertz CT molecular complexity index is 635. The predicted molar refractivity (Wildman–Crippen MR) is 79.7 cm³/mol. The normalized spacial score (nSPS) is 18.3. The lowest BCUT2D eigenvalue weighted by Crippen LogP contribution is -2.21. The molecule has 4 N–H and O–H groups in total. The molecule has 1 atom stereocenters. The highest BCUT2D eigenvalue weighted by atomic mass is 16.1. The van der Waals surface area contributed by atoms with Crippen LogP contribution in [0.25, 0.3) is 10.9 Å². The van der Waals surface area contributed by atoms with E-state index < -0.39 is 5.91 Å². The lowest BCUT2D eigenvalue weighted by atomic mass is 10.1. The topological polar surface area (TPSA) is 80.0 Å². The number of aromatic nitrogens is 1. The van der Waals surface area contributed by atoms with E-state index in [2.05, 4.69) is 15.6 Å². The Hall–Kier alpha value is -2.14. The van der Waals surface area contributed by atoms with Crippen molar-refractivity contribution in [1.29, 1.82) is 0 Å². The molecule has 1 unspecified atom stereocenters. The number of hydrogen-bond donors (Lipinski definition) is 3. The number of hydrogen-bond acceptors (Lipinski definition) is 4. The van der Waals surface area contributed by atoms with Gasteiger partial charge in [-0.2, -0.15) is 0 Å². The highest BCUT2D eigenvalue weighted by Crippen LogP contribution is 2.21. The number of carbonyl (C=O) groups is 1. The Labute approximate surface area is 117 Å². The van der Waals surface area contributed by atoms with E-state index in [1.807, 2.05) is 24.3 Å². The number of nitrogens with two attached hydrogens (primary N) is 1. The predicted octanol–water partition coefficient (Wildman–Crippen LogP) is 1.36. The molecule has 1 aliphatic heterocycles. The van der Waals surface area contributed by atoms with Crippen LogP contribution in [0.2, 0.25) is 0 Å². The van der Waals surface area contributed by atoms with E-state index in [0.29, 0.717) is 17.3 Å². The maximum Gasteiger partial charge on any atom is 0.252 e. The van der Waals surface area contributed by atoms with E-state index in [9.17, 15) is 4.79 Å². The number of nitrogens with zero attached hydrogens (tertiary/aromatic N) is 1. The van der Waals surface area contributed by atoms with Gasteiger partial charge in [0, 0.05) is 11.9 Å². The van der Waals surface area contributed by atoms with Gasteiger partial charge in [-0.25, -0.2) is 4.98 Å². The summed E-state index contributed by atoms with van der Waals surface area (Å²) < 4.78 is 0. The largest absolute Gasteiger partial charge is 0.369 e. The standard InChI is InChI=1S/C15H18N4O/c16-14(20)12-7-11-3-1-2-4-13(11)19-15(12)18-9-10-5-6-17-8-10/h1-4,7,10,17H,5-6,8-9H2,(H2,16,20)(H,18,19). The number of nitrogens with one attached hydrogen (secondary N) is 2. The minimum absolute atomic E-state index is 0.449. The van der Waals surface area contributed by atoms with Crippen LogP contribution in [0.3, 0.4) is 0 Å². The van der Waals surface area contributed by atoms with Gasteiger partial charge in [-0.3, -0.25) is 4.79 Å². The van der Waals surface area contributed by atoms with Gasteiger partial charge in [-0.1, -0.05) is 18.2 Å². The summed E-state index contributed by atoms with van der Waals surface area (Å²) in [6.07, 6.45) is 1.15. The van der Waals surface area contributed by atoms with E-state index in [1.54, 1.807) is 6.07 Å². The number of carbonyl (C=O) groups excluding carboxylic acids is 1. The summed E-state index contributed by atoms with van der Waals surface area (Å²) in [5.41, 5.74) is 6.78. The third-order valence-corrected chi connectivity index (χ3v) is 3.71. The average molecular weight is 270 g/mol. The smallest absolute Gasteiger partial charge is 0.252 e. The second-order valence-corrected chi connectivity index (χ2v) is 5.18. The lowest BCUT2D eigenvalue weighted by Gasteiger charge is -2.13. The minimum atomic E-state index is -0.449. The molecule has 5 heteroatoms. The van der Waals surface area contributed by atoms with Gasteiger partial charge in [-0.15, -0.1) is 0 Å². The van der Waals surface area contributed by atoms with Crippen LogP contribution in [0.5, 0.6) is 0 Å². The zero-order valence-corrected chi connectivity index (χ0v) is 11.2. The van der Waals surface area contributed by atoms with Crippen LogP contribution in [-0.2, 0) is 0 Å². The third kappa shape index (κ3) is 2.58. The molecule has 20 heavy (non-hydrogen) atoms. The van der Waals surface area contributed by atoms with Gasteiger partial charge in [0.05, 0.1) is 11.1 Å². The Morgan fingerprint density at radius 3 is 3.05 bits per heavy atom. The number of fused-ring (bicyclic) bond motifs is 1. The van der Waals surface area contributed by atoms with Crippen molar-refractivity contribution >= 4 is 22.6 Å². The van der Waals surface area contributed by atoms with E-state index in [0.717, 1.165) is 37.0 Å². The molecular formula is C15H18N4O. The van der Waals surface area contributed by atoms with Crippen LogP contribution >= 0.6 is 0 Å². The molecule has 1 saturated heterocycles. The molecule has 0 bridgehead atoms. The van der Waals surface area contributed by atoms with Gasteiger partial charge >= 0.3 is 0 Å². The van der Waals surface area contributed by atoms with E-state index in [1.165, 1.54) is 0 Å². The van der Waals surface area contributed by atoms with Crippen molar-refractivity contribution < 1.29 is 4.79 Å². The number of anilines is 1. The summed E-state index contributed by atoms with van der Waals surface area (Å²) in [4.78, 5) is 16.1. The van der Waals surface area contributed by atoms with Crippen molar-refractivity contribution in [3.63, 3.8) is 0 Å². The molecule has 0 radical (unpaired) electrons. The molecule has 1 amide bonds. The molecule has 2 aromatic rings. The number of rotatable bonds is 4. The highest BCUT2D eigenvalue weighted by molar-refractivity contribution is 6.01. The fourth-order valence-corrected chi connectivity index (χ4v) is 2.57. The summed E-state index contributed by atoms with van der Waals surface area (Å²) in [7, 11) is 0. The number of benzene rings is 1. The molecule has 104 valence electrons. The summed E-state index contributed by atoms with van der Waals surface area (Å²) in [6, 6.07) is 9.53. The molecule has 1 aromatic carbocycles. The summed E-state index contributed by atoms with van der Waals surface area (Å²) in [6.45, 7) is 2.87. The zero-order chi connectivity index (χ0) is 13.9. The molecule has 0 saturated carbocycles. The molecule has 5 nitrogen and oxygen atoms in total.